The largest absolute Gasteiger partial charge is 0.316 e. The monoisotopic (exact) mass is 235 g/mol. The third-order valence-corrected chi connectivity index (χ3v) is 2.89. The lowest BCUT2D eigenvalue weighted by Crippen LogP contribution is -2.23. The summed E-state index contributed by atoms with van der Waals surface area (Å²) in [4.78, 5) is 0. The van der Waals surface area contributed by atoms with Crippen molar-refractivity contribution in [3.63, 3.8) is 0 Å². The number of unbranched alkanes of at least 4 members (excludes halogenated alkanes) is 1. The van der Waals surface area contributed by atoms with E-state index in [1.165, 1.54) is 38.8 Å². The standard InChI is InChI=1S/C10H22BrN/c1-3-10(4-2)9-12-8-6-5-7-11/h10,12H,3-9H2,1-2H3. The van der Waals surface area contributed by atoms with Crippen molar-refractivity contribution in [3.05, 3.63) is 0 Å². The molecule has 74 valence electrons. The van der Waals surface area contributed by atoms with Crippen LogP contribution in [0.5, 0.6) is 0 Å². The number of hydrogen-bond acceptors (Lipinski definition) is 1. The predicted molar refractivity (Wildman–Crippen MR) is 60.0 cm³/mol. The fraction of sp³-hybridized carbons (Fsp3) is 1.00. The summed E-state index contributed by atoms with van der Waals surface area (Å²) in [5.74, 6) is 0.883. The molecule has 1 N–H and O–H groups in total. The van der Waals surface area contributed by atoms with E-state index in [1.54, 1.807) is 0 Å². The van der Waals surface area contributed by atoms with Gasteiger partial charge in [0, 0.05) is 5.33 Å². The van der Waals surface area contributed by atoms with Crippen molar-refractivity contribution in [1.82, 2.24) is 5.32 Å². The van der Waals surface area contributed by atoms with Gasteiger partial charge in [0.2, 0.25) is 0 Å². The highest BCUT2D eigenvalue weighted by Gasteiger charge is 2.00. The van der Waals surface area contributed by atoms with E-state index in [1.807, 2.05) is 0 Å². The van der Waals surface area contributed by atoms with Gasteiger partial charge in [-0.15, -0.1) is 0 Å². The third kappa shape index (κ3) is 7.11. The van der Waals surface area contributed by atoms with Crippen LogP contribution in [0.4, 0.5) is 0 Å². The van der Waals surface area contributed by atoms with E-state index in [0.29, 0.717) is 0 Å². The van der Waals surface area contributed by atoms with Crippen LogP contribution in [0.15, 0.2) is 0 Å². The average Bonchev–Trinajstić information content (AvgIpc) is 2.11. The molecule has 0 saturated heterocycles. The van der Waals surface area contributed by atoms with Crippen LogP contribution >= 0.6 is 15.9 Å². The van der Waals surface area contributed by atoms with Gasteiger partial charge in [-0.05, 0) is 31.8 Å². The molecular formula is C10H22BrN. The zero-order chi connectivity index (χ0) is 9.23. The van der Waals surface area contributed by atoms with E-state index in [0.717, 1.165) is 11.2 Å². The second kappa shape index (κ2) is 9.53. The molecule has 0 spiro atoms. The first-order valence-electron chi connectivity index (χ1n) is 5.11. The van der Waals surface area contributed by atoms with Crippen LogP contribution in [0, 0.1) is 5.92 Å². The lowest BCUT2D eigenvalue weighted by Gasteiger charge is -2.12. The maximum Gasteiger partial charge on any atom is 0.00317 e. The molecule has 0 heterocycles. The summed E-state index contributed by atoms with van der Waals surface area (Å²) in [6.07, 6.45) is 5.20. The lowest BCUT2D eigenvalue weighted by atomic mass is 10.0. The van der Waals surface area contributed by atoms with Crippen LogP contribution in [0.2, 0.25) is 0 Å². The molecule has 0 saturated carbocycles. The molecule has 0 bridgehead atoms. The minimum absolute atomic E-state index is 0.883. The average molecular weight is 236 g/mol. The Hall–Kier alpha value is 0.440. The summed E-state index contributed by atoms with van der Waals surface area (Å²) in [7, 11) is 0. The maximum absolute atomic E-state index is 3.50. The SMILES string of the molecule is CCC(CC)CNCCCCBr. The molecule has 0 rings (SSSR count). The second-order valence-corrected chi connectivity index (χ2v) is 4.08. The summed E-state index contributed by atoms with van der Waals surface area (Å²) in [5.41, 5.74) is 0. The minimum Gasteiger partial charge on any atom is -0.316 e. The zero-order valence-corrected chi connectivity index (χ0v) is 9.99. The van der Waals surface area contributed by atoms with Crippen LogP contribution < -0.4 is 5.32 Å². The Balaban J connectivity index is 3.06. The van der Waals surface area contributed by atoms with E-state index in [-0.39, 0.29) is 0 Å². The van der Waals surface area contributed by atoms with Gasteiger partial charge in [-0.25, -0.2) is 0 Å². The number of nitrogens with one attached hydrogen (secondary N) is 1. The molecule has 0 amide bonds. The van der Waals surface area contributed by atoms with Crippen LogP contribution in [0.3, 0.4) is 0 Å². The van der Waals surface area contributed by atoms with Gasteiger partial charge >= 0.3 is 0 Å². The fourth-order valence-corrected chi connectivity index (χ4v) is 1.62. The Morgan fingerprint density at radius 1 is 1.17 bits per heavy atom. The first kappa shape index (κ1) is 12.4. The molecule has 0 radical (unpaired) electrons. The van der Waals surface area contributed by atoms with E-state index in [2.05, 4.69) is 35.1 Å². The maximum atomic E-state index is 3.50. The molecule has 0 aromatic heterocycles. The number of halogens is 1. The molecular weight excluding hydrogens is 214 g/mol. The van der Waals surface area contributed by atoms with Crippen LogP contribution in [-0.2, 0) is 0 Å². The Labute approximate surface area is 85.4 Å². The summed E-state index contributed by atoms with van der Waals surface area (Å²) >= 11 is 3.43. The van der Waals surface area contributed by atoms with Crippen molar-refractivity contribution >= 4 is 15.9 Å². The zero-order valence-electron chi connectivity index (χ0n) is 8.41. The van der Waals surface area contributed by atoms with E-state index in [4.69, 9.17) is 0 Å². The smallest absolute Gasteiger partial charge is 0.00317 e. The molecule has 0 aromatic rings. The van der Waals surface area contributed by atoms with Crippen molar-refractivity contribution in [2.75, 3.05) is 18.4 Å². The molecule has 1 nitrogen and oxygen atoms in total. The molecule has 0 unspecified atom stereocenters. The highest BCUT2D eigenvalue weighted by atomic mass is 79.9. The van der Waals surface area contributed by atoms with Gasteiger partial charge < -0.3 is 5.32 Å². The van der Waals surface area contributed by atoms with Crippen molar-refractivity contribution < 1.29 is 0 Å². The lowest BCUT2D eigenvalue weighted by molar-refractivity contribution is 0.447. The third-order valence-electron chi connectivity index (χ3n) is 2.32. The summed E-state index contributed by atoms with van der Waals surface area (Å²) in [6, 6.07) is 0. The highest BCUT2D eigenvalue weighted by Crippen LogP contribution is 2.04. The normalized spacial score (nSPS) is 11.0. The van der Waals surface area contributed by atoms with E-state index >= 15 is 0 Å². The molecule has 0 fully saturated rings. The van der Waals surface area contributed by atoms with Crippen LogP contribution in [-0.4, -0.2) is 18.4 Å². The molecule has 0 aliphatic carbocycles. The molecule has 2 heteroatoms. The topological polar surface area (TPSA) is 12.0 Å². The summed E-state index contributed by atoms with van der Waals surface area (Å²) in [5, 5.41) is 4.64. The Morgan fingerprint density at radius 3 is 2.33 bits per heavy atom. The predicted octanol–water partition coefficient (Wildman–Crippen LogP) is 3.19. The number of hydrogen-bond donors (Lipinski definition) is 1. The Morgan fingerprint density at radius 2 is 1.83 bits per heavy atom. The summed E-state index contributed by atoms with van der Waals surface area (Å²) < 4.78 is 0. The minimum atomic E-state index is 0.883. The van der Waals surface area contributed by atoms with Gasteiger partial charge in [-0.2, -0.15) is 0 Å². The summed E-state index contributed by atoms with van der Waals surface area (Å²) in [6.45, 7) is 6.93. The fourth-order valence-electron chi connectivity index (χ4n) is 1.23. The first-order valence-corrected chi connectivity index (χ1v) is 6.23. The molecule has 0 atom stereocenters. The van der Waals surface area contributed by atoms with Gasteiger partial charge in [0.15, 0.2) is 0 Å². The first-order chi connectivity index (χ1) is 5.85. The van der Waals surface area contributed by atoms with Gasteiger partial charge in [0.1, 0.15) is 0 Å². The highest BCUT2D eigenvalue weighted by molar-refractivity contribution is 9.09. The van der Waals surface area contributed by atoms with Crippen molar-refractivity contribution in [3.8, 4) is 0 Å². The van der Waals surface area contributed by atoms with Crippen molar-refractivity contribution in [2.45, 2.75) is 39.5 Å². The second-order valence-electron chi connectivity index (χ2n) is 3.28. The Bertz CT molecular complexity index is 81.9. The van der Waals surface area contributed by atoms with Gasteiger partial charge in [-0.1, -0.05) is 42.6 Å². The van der Waals surface area contributed by atoms with Gasteiger partial charge in [0.25, 0.3) is 0 Å². The number of rotatable bonds is 8. The Kier molecular flexibility index (Phi) is 9.88. The van der Waals surface area contributed by atoms with Gasteiger partial charge in [0.05, 0.1) is 0 Å². The van der Waals surface area contributed by atoms with E-state index in [9.17, 15) is 0 Å². The van der Waals surface area contributed by atoms with Crippen LogP contribution in [0.25, 0.3) is 0 Å². The van der Waals surface area contributed by atoms with E-state index < -0.39 is 0 Å². The number of alkyl halides is 1. The van der Waals surface area contributed by atoms with Gasteiger partial charge in [-0.3, -0.25) is 0 Å². The van der Waals surface area contributed by atoms with Crippen molar-refractivity contribution in [1.29, 1.82) is 0 Å². The van der Waals surface area contributed by atoms with Crippen LogP contribution in [0.1, 0.15) is 39.5 Å². The molecule has 0 aliphatic rings. The van der Waals surface area contributed by atoms with Crippen molar-refractivity contribution in [2.24, 2.45) is 5.92 Å². The molecule has 0 aliphatic heterocycles. The quantitative estimate of drug-likeness (QED) is 0.504. The molecule has 0 aromatic carbocycles. The molecule has 12 heavy (non-hydrogen) atoms.